The molecule has 1 aliphatic rings. The van der Waals surface area contributed by atoms with Crippen LogP contribution in [0.5, 0.6) is 0 Å². The summed E-state index contributed by atoms with van der Waals surface area (Å²) in [6.45, 7) is 1.76. The molecule has 5 rings (SSSR count). The molecule has 0 fully saturated rings. The van der Waals surface area contributed by atoms with Gasteiger partial charge in [0.25, 0.3) is 5.89 Å². The summed E-state index contributed by atoms with van der Waals surface area (Å²) >= 11 is 0. The zero-order valence-electron chi connectivity index (χ0n) is 14.4. The molecule has 4 aromatic rings. The molecule has 0 spiro atoms. The Kier molecular flexibility index (Phi) is 3.43. The zero-order chi connectivity index (χ0) is 18.4. The molecule has 27 heavy (non-hydrogen) atoms. The van der Waals surface area contributed by atoms with Gasteiger partial charge in [-0.1, -0.05) is 16.4 Å². The minimum Gasteiger partial charge on any atom is -0.447 e. The summed E-state index contributed by atoms with van der Waals surface area (Å²) in [5, 5.41) is 20.6. The van der Waals surface area contributed by atoms with Crippen molar-refractivity contribution in [1.29, 1.82) is 0 Å². The highest BCUT2D eigenvalue weighted by molar-refractivity contribution is 6.05. The summed E-state index contributed by atoms with van der Waals surface area (Å²) in [5.41, 5.74) is 5.10. The molecule has 8 heteroatoms. The Morgan fingerprint density at radius 1 is 1.22 bits per heavy atom. The Labute approximate surface area is 153 Å². The first-order valence-electron chi connectivity index (χ1n) is 8.51. The van der Waals surface area contributed by atoms with Crippen molar-refractivity contribution in [3.63, 3.8) is 0 Å². The second kappa shape index (κ2) is 5.94. The van der Waals surface area contributed by atoms with Crippen molar-refractivity contribution in [2.75, 3.05) is 5.32 Å². The molecule has 0 saturated heterocycles. The Balaban J connectivity index is 1.61. The van der Waals surface area contributed by atoms with E-state index in [-0.39, 0.29) is 0 Å². The third-order valence-electron chi connectivity index (χ3n) is 4.65. The molecule has 0 radical (unpaired) electrons. The second-order valence-electron chi connectivity index (χ2n) is 6.37. The number of hydrogen-bond donors (Lipinski definition) is 2. The van der Waals surface area contributed by atoms with E-state index in [1.165, 1.54) is 0 Å². The van der Waals surface area contributed by atoms with Gasteiger partial charge in [0, 0.05) is 22.8 Å². The molecule has 1 aromatic carbocycles. The summed E-state index contributed by atoms with van der Waals surface area (Å²) in [6.07, 6.45) is 4.94. The summed E-state index contributed by atoms with van der Waals surface area (Å²) in [7, 11) is 0. The van der Waals surface area contributed by atoms with Crippen molar-refractivity contribution >= 4 is 28.1 Å². The molecule has 8 nitrogen and oxygen atoms in total. The summed E-state index contributed by atoms with van der Waals surface area (Å²) < 4.78 is 11.2. The Morgan fingerprint density at radius 3 is 2.96 bits per heavy atom. The molecular formula is C19H15N5O3. The topological polar surface area (TPSA) is 110 Å². The lowest BCUT2D eigenvalue weighted by atomic mass is 10.1. The molecule has 0 bridgehead atoms. The number of nitrogens with one attached hydrogen (secondary N) is 1. The Morgan fingerprint density at radius 2 is 2.15 bits per heavy atom. The normalized spacial score (nSPS) is 14.8. The van der Waals surface area contributed by atoms with Crippen molar-refractivity contribution in [1.82, 2.24) is 15.1 Å². The molecule has 3 heterocycles. The number of oxime groups is 1. The molecule has 2 N–H and O–H groups in total. The fourth-order valence-corrected chi connectivity index (χ4v) is 3.41. The fourth-order valence-electron chi connectivity index (χ4n) is 3.41. The van der Waals surface area contributed by atoms with E-state index in [0.29, 0.717) is 23.1 Å². The van der Waals surface area contributed by atoms with E-state index in [2.05, 4.69) is 31.7 Å². The molecule has 1 aliphatic carbocycles. The SMILES string of the molecule is Cc1noc(-c2oc3cnccc3c2Nc2ccc3c(c2)CCC3=NO)n1. The van der Waals surface area contributed by atoms with Gasteiger partial charge in [0.05, 0.1) is 17.6 Å². The maximum absolute atomic E-state index is 9.10. The van der Waals surface area contributed by atoms with Crippen molar-refractivity contribution < 1.29 is 14.1 Å². The van der Waals surface area contributed by atoms with Crippen LogP contribution in [0.2, 0.25) is 0 Å². The molecule has 134 valence electrons. The van der Waals surface area contributed by atoms with Crippen LogP contribution in [-0.2, 0) is 6.42 Å². The maximum Gasteiger partial charge on any atom is 0.295 e. The number of nitrogens with zero attached hydrogens (tertiary/aromatic N) is 4. The van der Waals surface area contributed by atoms with Crippen molar-refractivity contribution in [2.45, 2.75) is 19.8 Å². The van der Waals surface area contributed by atoms with E-state index >= 15 is 0 Å². The van der Waals surface area contributed by atoms with Crippen LogP contribution in [0, 0.1) is 6.92 Å². The van der Waals surface area contributed by atoms with Gasteiger partial charge in [-0.25, -0.2) is 0 Å². The number of anilines is 2. The maximum atomic E-state index is 9.10. The van der Waals surface area contributed by atoms with E-state index in [1.807, 2.05) is 18.2 Å². The third-order valence-corrected chi connectivity index (χ3v) is 4.65. The van der Waals surface area contributed by atoms with Crippen molar-refractivity contribution in [3.05, 3.63) is 53.6 Å². The molecule has 0 aliphatic heterocycles. The lowest BCUT2D eigenvalue weighted by Crippen LogP contribution is -1.96. The number of rotatable bonds is 3. The number of aryl methyl sites for hydroxylation is 2. The average molecular weight is 361 g/mol. The van der Waals surface area contributed by atoms with Crippen LogP contribution in [-0.4, -0.2) is 26.0 Å². The van der Waals surface area contributed by atoms with Gasteiger partial charge in [0.2, 0.25) is 5.76 Å². The van der Waals surface area contributed by atoms with Gasteiger partial charge in [0.1, 0.15) is 0 Å². The van der Waals surface area contributed by atoms with Gasteiger partial charge in [-0.15, -0.1) is 0 Å². The number of pyridine rings is 1. The smallest absolute Gasteiger partial charge is 0.295 e. The summed E-state index contributed by atoms with van der Waals surface area (Å²) in [6, 6.07) is 7.83. The highest BCUT2D eigenvalue weighted by atomic mass is 16.5. The number of fused-ring (bicyclic) bond motifs is 2. The van der Waals surface area contributed by atoms with Gasteiger partial charge in [0.15, 0.2) is 11.4 Å². The van der Waals surface area contributed by atoms with Crippen molar-refractivity contribution in [3.8, 4) is 11.7 Å². The molecule has 0 saturated carbocycles. The minimum atomic E-state index is 0.307. The first kappa shape index (κ1) is 15.6. The van der Waals surface area contributed by atoms with Crippen LogP contribution < -0.4 is 5.32 Å². The van der Waals surface area contributed by atoms with E-state index in [0.717, 1.165) is 46.4 Å². The first-order chi connectivity index (χ1) is 13.2. The van der Waals surface area contributed by atoms with Crippen LogP contribution in [0.1, 0.15) is 23.4 Å². The number of aromatic nitrogens is 3. The van der Waals surface area contributed by atoms with Crippen LogP contribution in [0.4, 0.5) is 11.4 Å². The predicted octanol–water partition coefficient (Wildman–Crippen LogP) is 4.05. The van der Waals surface area contributed by atoms with Gasteiger partial charge in [-0.2, -0.15) is 4.98 Å². The van der Waals surface area contributed by atoms with Gasteiger partial charge >= 0.3 is 0 Å². The van der Waals surface area contributed by atoms with E-state index in [1.54, 1.807) is 19.3 Å². The molecular weight excluding hydrogens is 346 g/mol. The lowest BCUT2D eigenvalue weighted by molar-refractivity contribution is 0.318. The third kappa shape index (κ3) is 2.53. The largest absolute Gasteiger partial charge is 0.447 e. The van der Waals surface area contributed by atoms with Gasteiger partial charge in [-0.05, 0) is 43.5 Å². The van der Waals surface area contributed by atoms with Gasteiger partial charge in [-0.3, -0.25) is 4.98 Å². The molecule has 0 amide bonds. The van der Waals surface area contributed by atoms with Gasteiger partial charge < -0.3 is 19.5 Å². The summed E-state index contributed by atoms with van der Waals surface area (Å²) in [4.78, 5) is 8.40. The van der Waals surface area contributed by atoms with Crippen molar-refractivity contribution in [2.24, 2.45) is 5.16 Å². The summed E-state index contributed by atoms with van der Waals surface area (Å²) in [5.74, 6) is 1.31. The fraction of sp³-hybridized carbons (Fsp3) is 0.158. The highest BCUT2D eigenvalue weighted by Crippen LogP contribution is 2.39. The first-order valence-corrected chi connectivity index (χ1v) is 8.51. The van der Waals surface area contributed by atoms with E-state index < -0.39 is 0 Å². The molecule has 3 aromatic heterocycles. The van der Waals surface area contributed by atoms with E-state index in [4.69, 9.17) is 14.1 Å². The average Bonchev–Trinajstić information content (AvgIpc) is 3.38. The van der Waals surface area contributed by atoms with Crippen LogP contribution in [0.3, 0.4) is 0 Å². The monoisotopic (exact) mass is 361 g/mol. The number of benzene rings is 1. The Hall–Kier alpha value is -3.68. The molecule has 0 atom stereocenters. The highest BCUT2D eigenvalue weighted by Gasteiger charge is 2.22. The Bertz CT molecular complexity index is 1190. The van der Waals surface area contributed by atoms with Crippen LogP contribution >= 0.6 is 0 Å². The zero-order valence-corrected chi connectivity index (χ0v) is 14.4. The van der Waals surface area contributed by atoms with Crippen LogP contribution in [0.15, 0.2) is 50.8 Å². The van der Waals surface area contributed by atoms with Crippen LogP contribution in [0.25, 0.3) is 22.6 Å². The predicted molar refractivity (Wildman–Crippen MR) is 98.4 cm³/mol. The number of furan rings is 1. The molecule has 0 unspecified atom stereocenters. The lowest BCUT2D eigenvalue weighted by Gasteiger charge is -2.08. The standard InChI is InChI=1S/C19H15N5O3/c1-10-21-19(27-24-10)18-17(14-6-7-20-9-16(14)26-18)22-12-3-4-13-11(8-12)2-5-15(13)23-25/h3-4,6-9,22,25H,2,5H2,1H3. The van der Waals surface area contributed by atoms with E-state index in [9.17, 15) is 0 Å². The minimum absolute atomic E-state index is 0.307. The quantitative estimate of drug-likeness (QED) is 0.418. The second-order valence-corrected chi connectivity index (χ2v) is 6.37. The number of hydrogen-bond acceptors (Lipinski definition) is 8.